The van der Waals surface area contributed by atoms with E-state index in [1.54, 1.807) is 19.4 Å². The molecule has 1 N–H and O–H groups in total. The second kappa shape index (κ2) is 9.08. The third kappa shape index (κ3) is 4.64. The largest absolute Gasteiger partial charge is 0.496 e. The maximum atomic E-state index is 12.7. The Kier molecular flexibility index (Phi) is 6.54. The van der Waals surface area contributed by atoms with E-state index in [9.17, 15) is 4.79 Å². The highest BCUT2D eigenvalue weighted by atomic mass is 35.5. The number of carbonyl (C=O) groups excluding carboxylic acids is 1. The smallest absolute Gasteiger partial charge is 0.221 e. The van der Waals surface area contributed by atoms with Crippen LogP contribution in [0.4, 0.5) is 0 Å². The molecule has 0 saturated heterocycles. The van der Waals surface area contributed by atoms with E-state index in [4.69, 9.17) is 16.3 Å². The standard InChI is InChI=1S/C21H25ClN4O2/c1-25(2)11-10-23-21(27)12-17(16-6-4-5-7-19(16)28-3)18-13-24-20-9-8-15(22)14-26(18)20/h4-9,13-14,17H,10-12H2,1-3H3,(H,23,27)/t17-/m1/s1. The lowest BCUT2D eigenvalue weighted by Gasteiger charge is -2.20. The number of benzene rings is 1. The normalized spacial score (nSPS) is 12.3. The molecule has 0 radical (unpaired) electrons. The minimum Gasteiger partial charge on any atom is -0.496 e. The molecule has 3 rings (SSSR count). The number of ether oxygens (including phenoxy) is 1. The number of aromatic nitrogens is 2. The van der Waals surface area contributed by atoms with Crippen molar-refractivity contribution in [1.29, 1.82) is 0 Å². The Morgan fingerprint density at radius 2 is 2.07 bits per heavy atom. The molecule has 0 spiro atoms. The first-order valence-corrected chi connectivity index (χ1v) is 9.54. The molecule has 0 bridgehead atoms. The number of nitrogens with zero attached hydrogens (tertiary/aromatic N) is 3. The number of nitrogens with one attached hydrogen (secondary N) is 1. The molecule has 28 heavy (non-hydrogen) atoms. The first-order valence-electron chi connectivity index (χ1n) is 9.16. The molecule has 2 heterocycles. The van der Waals surface area contributed by atoms with Gasteiger partial charge in [0.15, 0.2) is 0 Å². The van der Waals surface area contributed by atoms with Gasteiger partial charge in [0.25, 0.3) is 0 Å². The molecule has 1 amide bonds. The average molecular weight is 401 g/mol. The monoisotopic (exact) mass is 400 g/mol. The van der Waals surface area contributed by atoms with Gasteiger partial charge in [0.2, 0.25) is 5.91 Å². The number of imidazole rings is 1. The van der Waals surface area contributed by atoms with Crippen LogP contribution in [0.15, 0.2) is 48.8 Å². The summed E-state index contributed by atoms with van der Waals surface area (Å²) in [6.45, 7) is 1.39. The van der Waals surface area contributed by atoms with Gasteiger partial charge in [-0.15, -0.1) is 0 Å². The summed E-state index contributed by atoms with van der Waals surface area (Å²) in [5.74, 6) is 0.504. The number of pyridine rings is 1. The zero-order chi connectivity index (χ0) is 20.1. The van der Waals surface area contributed by atoms with E-state index in [0.29, 0.717) is 11.6 Å². The summed E-state index contributed by atoms with van der Waals surface area (Å²) in [5.41, 5.74) is 2.62. The van der Waals surface area contributed by atoms with Crippen LogP contribution < -0.4 is 10.1 Å². The van der Waals surface area contributed by atoms with Gasteiger partial charge in [-0.1, -0.05) is 29.8 Å². The molecule has 0 fully saturated rings. The fourth-order valence-corrected chi connectivity index (χ4v) is 3.40. The number of rotatable bonds is 8. The van der Waals surface area contributed by atoms with Crippen LogP contribution in [0.2, 0.25) is 5.02 Å². The van der Waals surface area contributed by atoms with Crippen molar-refractivity contribution in [3.8, 4) is 5.75 Å². The van der Waals surface area contributed by atoms with E-state index in [0.717, 1.165) is 29.2 Å². The van der Waals surface area contributed by atoms with Crippen LogP contribution in [0.25, 0.3) is 5.65 Å². The van der Waals surface area contributed by atoms with Gasteiger partial charge in [-0.3, -0.25) is 4.79 Å². The van der Waals surface area contributed by atoms with Gasteiger partial charge >= 0.3 is 0 Å². The van der Waals surface area contributed by atoms with Crippen LogP contribution in [0.3, 0.4) is 0 Å². The molecule has 1 aromatic carbocycles. The Morgan fingerprint density at radius 1 is 1.29 bits per heavy atom. The Labute approximate surface area is 170 Å². The summed E-state index contributed by atoms with van der Waals surface area (Å²) < 4.78 is 7.50. The molecule has 0 aliphatic heterocycles. The number of amides is 1. The first kappa shape index (κ1) is 20.2. The van der Waals surface area contributed by atoms with Crippen molar-refractivity contribution in [2.45, 2.75) is 12.3 Å². The summed E-state index contributed by atoms with van der Waals surface area (Å²) in [6, 6.07) is 11.4. The van der Waals surface area contributed by atoms with Crippen molar-refractivity contribution in [2.24, 2.45) is 0 Å². The quantitative estimate of drug-likeness (QED) is 0.630. The predicted octanol–water partition coefficient (Wildman–Crippen LogP) is 3.20. The predicted molar refractivity (Wildman–Crippen MR) is 111 cm³/mol. The molecule has 7 heteroatoms. The highest BCUT2D eigenvalue weighted by Crippen LogP contribution is 2.35. The number of halogens is 1. The van der Waals surface area contributed by atoms with E-state index >= 15 is 0 Å². The molecule has 6 nitrogen and oxygen atoms in total. The zero-order valence-electron chi connectivity index (χ0n) is 16.4. The zero-order valence-corrected chi connectivity index (χ0v) is 17.1. The van der Waals surface area contributed by atoms with Gasteiger partial charge in [-0.25, -0.2) is 4.98 Å². The van der Waals surface area contributed by atoms with Crippen LogP contribution >= 0.6 is 11.6 Å². The molecule has 0 saturated carbocycles. The Morgan fingerprint density at radius 3 is 2.82 bits per heavy atom. The second-order valence-electron chi connectivity index (χ2n) is 6.91. The summed E-state index contributed by atoms with van der Waals surface area (Å²) in [6.07, 6.45) is 3.91. The minimum absolute atomic E-state index is 0.0188. The van der Waals surface area contributed by atoms with Crippen LogP contribution in [0, 0.1) is 0 Å². The minimum atomic E-state index is -0.219. The van der Waals surface area contributed by atoms with Crippen LogP contribution in [-0.4, -0.2) is 54.5 Å². The van der Waals surface area contributed by atoms with Crippen molar-refractivity contribution in [3.63, 3.8) is 0 Å². The molecular formula is C21H25ClN4O2. The van der Waals surface area contributed by atoms with Crippen molar-refractivity contribution in [1.82, 2.24) is 19.6 Å². The van der Waals surface area contributed by atoms with Gasteiger partial charge in [0.1, 0.15) is 11.4 Å². The lowest BCUT2D eigenvalue weighted by molar-refractivity contribution is -0.121. The summed E-state index contributed by atoms with van der Waals surface area (Å²) in [4.78, 5) is 19.2. The molecule has 0 aliphatic rings. The lowest BCUT2D eigenvalue weighted by Crippen LogP contribution is -2.32. The molecule has 1 atom stereocenters. The summed E-state index contributed by atoms with van der Waals surface area (Å²) in [7, 11) is 5.59. The van der Waals surface area contributed by atoms with E-state index in [-0.39, 0.29) is 18.2 Å². The Bertz CT molecular complexity index is 954. The van der Waals surface area contributed by atoms with E-state index in [1.807, 2.05) is 59.9 Å². The van der Waals surface area contributed by atoms with Gasteiger partial charge in [0, 0.05) is 43.4 Å². The van der Waals surface area contributed by atoms with Gasteiger partial charge < -0.3 is 19.4 Å². The third-order valence-electron chi connectivity index (χ3n) is 4.64. The summed E-state index contributed by atoms with van der Waals surface area (Å²) >= 11 is 6.20. The Balaban J connectivity index is 1.97. The number of carbonyl (C=O) groups is 1. The van der Waals surface area contributed by atoms with Crippen LogP contribution in [0.1, 0.15) is 23.6 Å². The second-order valence-corrected chi connectivity index (χ2v) is 7.35. The lowest BCUT2D eigenvalue weighted by atomic mass is 9.91. The topological polar surface area (TPSA) is 58.9 Å². The number of hydrogen-bond acceptors (Lipinski definition) is 4. The molecule has 148 valence electrons. The molecule has 0 aliphatic carbocycles. The van der Waals surface area contributed by atoms with Crippen molar-refractivity contribution in [2.75, 3.05) is 34.3 Å². The number of likely N-dealkylation sites (N-methyl/N-ethyl adjacent to an activating group) is 1. The van der Waals surface area contributed by atoms with Gasteiger partial charge in [0.05, 0.1) is 17.8 Å². The number of hydrogen-bond donors (Lipinski definition) is 1. The number of para-hydroxylation sites is 1. The maximum Gasteiger partial charge on any atom is 0.221 e. The van der Waals surface area contributed by atoms with E-state index in [1.165, 1.54) is 0 Å². The van der Waals surface area contributed by atoms with E-state index in [2.05, 4.69) is 10.3 Å². The third-order valence-corrected chi connectivity index (χ3v) is 4.86. The fraction of sp³-hybridized carbons (Fsp3) is 0.333. The first-order chi connectivity index (χ1) is 13.5. The van der Waals surface area contributed by atoms with E-state index < -0.39 is 0 Å². The molecule has 3 aromatic rings. The number of methoxy groups -OCH3 is 1. The van der Waals surface area contributed by atoms with Crippen molar-refractivity contribution < 1.29 is 9.53 Å². The fourth-order valence-electron chi connectivity index (χ4n) is 3.24. The highest BCUT2D eigenvalue weighted by molar-refractivity contribution is 6.30. The number of fused-ring (bicyclic) bond motifs is 1. The maximum absolute atomic E-state index is 12.7. The molecule has 2 aromatic heterocycles. The Hall–Kier alpha value is -2.57. The summed E-state index contributed by atoms with van der Waals surface area (Å²) in [5, 5.41) is 3.61. The van der Waals surface area contributed by atoms with Crippen LogP contribution in [0.5, 0.6) is 5.75 Å². The van der Waals surface area contributed by atoms with Gasteiger partial charge in [-0.2, -0.15) is 0 Å². The average Bonchev–Trinajstić information content (AvgIpc) is 3.08. The molecular weight excluding hydrogens is 376 g/mol. The SMILES string of the molecule is COc1ccccc1[C@@H](CC(=O)NCCN(C)C)c1cnc2ccc(Cl)cn12. The van der Waals surface area contributed by atoms with Gasteiger partial charge in [-0.05, 0) is 32.3 Å². The van der Waals surface area contributed by atoms with Crippen LogP contribution in [-0.2, 0) is 4.79 Å². The van der Waals surface area contributed by atoms with Crippen molar-refractivity contribution >= 4 is 23.2 Å². The highest BCUT2D eigenvalue weighted by Gasteiger charge is 2.24. The molecule has 0 unspecified atom stereocenters. The van der Waals surface area contributed by atoms with Crippen molar-refractivity contribution in [3.05, 3.63) is 65.1 Å².